The third-order valence-corrected chi connectivity index (χ3v) is 4.31. The quantitative estimate of drug-likeness (QED) is 0.810. The Balaban J connectivity index is 1.73. The lowest BCUT2D eigenvalue weighted by Crippen LogP contribution is -2.31. The predicted octanol–water partition coefficient (Wildman–Crippen LogP) is 3.33. The molecule has 0 aliphatic carbocycles. The van der Waals surface area contributed by atoms with Gasteiger partial charge in [-0.3, -0.25) is 9.69 Å². The van der Waals surface area contributed by atoms with Crippen LogP contribution >= 0.6 is 0 Å². The van der Waals surface area contributed by atoms with Gasteiger partial charge in [-0.1, -0.05) is 30.7 Å². The molecule has 1 heterocycles. The average Bonchev–Trinajstić information content (AvgIpc) is 2.43. The highest BCUT2D eigenvalue weighted by Gasteiger charge is 2.26. The van der Waals surface area contributed by atoms with Crippen LogP contribution in [0.1, 0.15) is 44.2 Å². The van der Waals surface area contributed by atoms with Crippen LogP contribution in [0.25, 0.3) is 0 Å². The molecule has 0 saturated carbocycles. The van der Waals surface area contributed by atoms with Gasteiger partial charge in [0.05, 0.1) is 5.41 Å². The molecular formula is C17H25NO2. The van der Waals surface area contributed by atoms with Crippen molar-refractivity contribution in [1.29, 1.82) is 0 Å². The van der Waals surface area contributed by atoms with Crippen LogP contribution in [0.4, 0.5) is 0 Å². The first-order chi connectivity index (χ1) is 9.49. The summed E-state index contributed by atoms with van der Waals surface area (Å²) in [6.45, 7) is 6.86. The van der Waals surface area contributed by atoms with Crippen molar-refractivity contribution < 1.29 is 9.90 Å². The van der Waals surface area contributed by atoms with Gasteiger partial charge in [0.2, 0.25) is 0 Å². The summed E-state index contributed by atoms with van der Waals surface area (Å²) in [5, 5.41) is 9.09. The zero-order valence-corrected chi connectivity index (χ0v) is 12.6. The number of unbranched alkanes of at least 4 members (excludes halogenated alkanes) is 1. The third kappa shape index (κ3) is 3.83. The van der Waals surface area contributed by atoms with Crippen molar-refractivity contribution in [2.24, 2.45) is 5.41 Å². The van der Waals surface area contributed by atoms with E-state index in [-0.39, 0.29) is 0 Å². The summed E-state index contributed by atoms with van der Waals surface area (Å²) in [6, 6.07) is 8.66. The normalized spacial score (nSPS) is 15.9. The molecule has 0 atom stereocenters. The maximum Gasteiger partial charge on any atom is 0.309 e. The summed E-state index contributed by atoms with van der Waals surface area (Å²) >= 11 is 0. The van der Waals surface area contributed by atoms with Gasteiger partial charge >= 0.3 is 5.97 Å². The molecule has 1 aliphatic rings. The number of nitrogens with zero attached hydrogens (tertiary/aromatic N) is 1. The fraction of sp³-hybridized carbons (Fsp3) is 0.588. The van der Waals surface area contributed by atoms with Gasteiger partial charge in [-0.15, -0.1) is 0 Å². The number of carbonyl (C=O) groups is 1. The van der Waals surface area contributed by atoms with E-state index in [4.69, 9.17) is 5.11 Å². The molecule has 0 radical (unpaired) electrons. The molecule has 0 bridgehead atoms. The van der Waals surface area contributed by atoms with E-state index in [1.165, 1.54) is 11.1 Å². The Bertz CT molecular complexity index is 468. The van der Waals surface area contributed by atoms with Crippen molar-refractivity contribution >= 4 is 5.97 Å². The molecule has 1 N–H and O–H groups in total. The van der Waals surface area contributed by atoms with Crippen LogP contribution in [0.2, 0.25) is 0 Å². The number of carboxylic acid groups (broad SMARTS) is 1. The Morgan fingerprint density at radius 1 is 1.25 bits per heavy atom. The predicted molar refractivity (Wildman–Crippen MR) is 80.7 cm³/mol. The number of benzene rings is 1. The van der Waals surface area contributed by atoms with Crippen LogP contribution in [0.15, 0.2) is 24.3 Å². The molecule has 0 aromatic heterocycles. The van der Waals surface area contributed by atoms with Gasteiger partial charge in [0.15, 0.2) is 0 Å². The summed E-state index contributed by atoms with van der Waals surface area (Å²) in [4.78, 5) is 13.5. The van der Waals surface area contributed by atoms with Gasteiger partial charge in [0.1, 0.15) is 0 Å². The number of hydrogen-bond donors (Lipinski definition) is 1. The SMILES string of the molecule is CC(C)(CCCCN1CCc2ccccc2C1)C(=O)O. The van der Waals surface area contributed by atoms with Crippen LogP contribution < -0.4 is 0 Å². The van der Waals surface area contributed by atoms with E-state index >= 15 is 0 Å². The highest BCUT2D eigenvalue weighted by molar-refractivity contribution is 5.73. The highest BCUT2D eigenvalue weighted by Crippen LogP contribution is 2.24. The van der Waals surface area contributed by atoms with Gasteiger partial charge in [0.25, 0.3) is 0 Å². The van der Waals surface area contributed by atoms with E-state index in [1.807, 2.05) is 13.8 Å². The largest absolute Gasteiger partial charge is 0.481 e. The maximum absolute atomic E-state index is 11.0. The highest BCUT2D eigenvalue weighted by atomic mass is 16.4. The number of fused-ring (bicyclic) bond motifs is 1. The van der Waals surface area contributed by atoms with E-state index in [1.54, 1.807) is 0 Å². The number of aliphatic carboxylic acids is 1. The Morgan fingerprint density at radius 3 is 2.65 bits per heavy atom. The average molecular weight is 275 g/mol. The Kier molecular flexibility index (Phi) is 4.81. The summed E-state index contributed by atoms with van der Waals surface area (Å²) in [5.74, 6) is -0.690. The first kappa shape index (κ1) is 15.0. The summed E-state index contributed by atoms with van der Waals surface area (Å²) < 4.78 is 0. The lowest BCUT2D eigenvalue weighted by molar-refractivity contribution is -0.147. The van der Waals surface area contributed by atoms with Crippen molar-refractivity contribution in [2.75, 3.05) is 13.1 Å². The molecule has 1 aromatic carbocycles. The molecule has 3 nitrogen and oxygen atoms in total. The first-order valence-corrected chi connectivity index (χ1v) is 7.51. The number of rotatable bonds is 6. The minimum Gasteiger partial charge on any atom is -0.481 e. The van der Waals surface area contributed by atoms with Crippen LogP contribution in [-0.4, -0.2) is 29.1 Å². The molecule has 0 unspecified atom stereocenters. The van der Waals surface area contributed by atoms with Crippen molar-refractivity contribution in [2.45, 2.75) is 46.1 Å². The van der Waals surface area contributed by atoms with Crippen molar-refractivity contribution in [3.63, 3.8) is 0 Å². The Hall–Kier alpha value is -1.35. The molecule has 0 fully saturated rings. The van der Waals surface area contributed by atoms with Gasteiger partial charge in [0, 0.05) is 13.1 Å². The lowest BCUT2D eigenvalue weighted by atomic mass is 9.87. The lowest BCUT2D eigenvalue weighted by Gasteiger charge is -2.29. The minimum absolute atomic E-state index is 0.589. The topological polar surface area (TPSA) is 40.5 Å². The molecule has 0 spiro atoms. The van der Waals surface area contributed by atoms with Gasteiger partial charge in [-0.2, -0.15) is 0 Å². The van der Waals surface area contributed by atoms with E-state index in [9.17, 15) is 4.79 Å². The van der Waals surface area contributed by atoms with Crippen molar-refractivity contribution in [3.8, 4) is 0 Å². The Morgan fingerprint density at radius 2 is 1.95 bits per heavy atom. The van der Waals surface area contributed by atoms with Crippen LogP contribution in [0, 0.1) is 5.41 Å². The first-order valence-electron chi connectivity index (χ1n) is 7.51. The molecule has 1 aromatic rings. The van der Waals surface area contributed by atoms with Gasteiger partial charge < -0.3 is 5.11 Å². The molecule has 2 rings (SSSR count). The van der Waals surface area contributed by atoms with Crippen molar-refractivity contribution in [3.05, 3.63) is 35.4 Å². The monoisotopic (exact) mass is 275 g/mol. The molecule has 20 heavy (non-hydrogen) atoms. The second-order valence-electron chi connectivity index (χ2n) is 6.44. The van der Waals surface area contributed by atoms with E-state index in [0.29, 0.717) is 0 Å². The fourth-order valence-electron chi connectivity index (χ4n) is 2.75. The zero-order valence-electron chi connectivity index (χ0n) is 12.6. The van der Waals surface area contributed by atoms with Gasteiger partial charge in [-0.05, 0) is 50.8 Å². The van der Waals surface area contributed by atoms with Crippen molar-refractivity contribution in [1.82, 2.24) is 4.90 Å². The summed E-state index contributed by atoms with van der Waals surface area (Å²) in [7, 11) is 0. The van der Waals surface area contributed by atoms with Crippen LogP contribution in [0.3, 0.4) is 0 Å². The maximum atomic E-state index is 11.0. The summed E-state index contributed by atoms with van der Waals surface area (Å²) in [6.07, 6.45) is 3.96. The number of hydrogen-bond acceptors (Lipinski definition) is 2. The Labute approximate surface area is 121 Å². The molecule has 0 amide bonds. The zero-order chi connectivity index (χ0) is 14.6. The molecular weight excluding hydrogens is 250 g/mol. The third-order valence-electron chi connectivity index (χ3n) is 4.31. The van der Waals surface area contributed by atoms with E-state index in [2.05, 4.69) is 29.2 Å². The minimum atomic E-state index is -0.690. The second kappa shape index (κ2) is 6.40. The molecule has 0 saturated heterocycles. The van der Waals surface area contributed by atoms with Crippen LogP contribution in [-0.2, 0) is 17.8 Å². The van der Waals surface area contributed by atoms with E-state index < -0.39 is 11.4 Å². The van der Waals surface area contributed by atoms with E-state index in [0.717, 1.165) is 45.3 Å². The smallest absolute Gasteiger partial charge is 0.309 e. The van der Waals surface area contributed by atoms with Crippen LogP contribution in [0.5, 0.6) is 0 Å². The molecule has 110 valence electrons. The number of carboxylic acids is 1. The fourth-order valence-corrected chi connectivity index (χ4v) is 2.75. The second-order valence-corrected chi connectivity index (χ2v) is 6.44. The van der Waals surface area contributed by atoms with Gasteiger partial charge in [-0.25, -0.2) is 0 Å². The molecule has 1 aliphatic heterocycles. The summed E-state index contributed by atoms with van der Waals surface area (Å²) in [5.41, 5.74) is 2.34. The standard InChI is InChI=1S/C17H25NO2/c1-17(2,16(19)20)10-5-6-11-18-12-9-14-7-3-4-8-15(14)13-18/h3-4,7-8H,5-6,9-13H2,1-2H3,(H,19,20). The molecule has 3 heteroatoms.